The molecule has 1 aromatic carbocycles. The van der Waals surface area contributed by atoms with E-state index in [1.165, 1.54) is 6.92 Å². The molecule has 1 aliphatic carbocycles. The molecule has 1 fully saturated rings. The smallest absolute Gasteiger partial charge is 0.332 e. The molecule has 3 nitrogen and oxygen atoms in total. The van der Waals surface area contributed by atoms with E-state index >= 15 is 0 Å². The molecule has 1 unspecified atom stereocenters. The molecule has 0 bridgehead atoms. The number of nitrogens with one attached hydrogen (secondary N) is 2. The van der Waals surface area contributed by atoms with Gasteiger partial charge in [-0.1, -0.05) is 0 Å². The van der Waals surface area contributed by atoms with Gasteiger partial charge in [0.15, 0.2) is 5.11 Å². The van der Waals surface area contributed by atoms with Crippen LogP contribution >= 0.6 is 35.4 Å². The Morgan fingerprint density at radius 1 is 1.08 bits per heavy atom. The maximum atomic E-state index is 12.8. The highest BCUT2D eigenvalue weighted by molar-refractivity contribution is 7.80. The van der Waals surface area contributed by atoms with E-state index in [0.717, 1.165) is 0 Å². The SMILES string of the molecule is CC1(C(=O)NC(=S)Nc2cc(C(F)(F)F)cc(C(F)(F)F)c2)CC1(Cl)Cl. The van der Waals surface area contributed by atoms with Gasteiger partial charge in [0.05, 0.1) is 16.5 Å². The molecule has 2 N–H and O–H groups in total. The van der Waals surface area contributed by atoms with Crippen LogP contribution < -0.4 is 10.6 Å². The number of rotatable bonds is 2. The van der Waals surface area contributed by atoms with E-state index in [1.807, 2.05) is 0 Å². The Hall–Kier alpha value is -1.26. The summed E-state index contributed by atoms with van der Waals surface area (Å²) in [6, 6.07) is 0.868. The van der Waals surface area contributed by atoms with Gasteiger partial charge in [0.1, 0.15) is 4.33 Å². The van der Waals surface area contributed by atoms with Gasteiger partial charge in [-0.25, -0.2) is 0 Å². The maximum Gasteiger partial charge on any atom is 0.416 e. The van der Waals surface area contributed by atoms with Crippen molar-refractivity contribution in [1.82, 2.24) is 5.32 Å². The lowest BCUT2D eigenvalue weighted by Crippen LogP contribution is -2.40. The summed E-state index contributed by atoms with van der Waals surface area (Å²) in [7, 11) is 0. The lowest BCUT2D eigenvalue weighted by molar-refractivity contribution is -0.143. The zero-order chi connectivity index (χ0) is 20.1. The Kier molecular flexibility index (Phi) is 5.19. The van der Waals surface area contributed by atoms with Crippen LogP contribution in [-0.4, -0.2) is 15.4 Å². The van der Waals surface area contributed by atoms with Crippen molar-refractivity contribution in [1.29, 1.82) is 0 Å². The normalized spacial score (nSPS) is 21.9. The lowest BCUT2D eigenvalue weighted by Gasteiger charge is -2.17. The Balaban J connectivity index is 2.20. The van der Waals surface area contributed by atoms with Crippen LogP contribution in [0.4, 0.5) is 32.0 Å². The molecule has 1 atom stereocenters. The second-order valence-electron chi connectivity index (χ2n) is 5.92. The van der Waals surface area contributed by atoms with Gasteiger partial charge in [0.2, 0.25) is 5.91 Å². The number of carbonyl (C=O) groups is 1. The van der Waals surface area contributed by atoms with Crippen molar-refractivity contribution >= 4 is 52.1 Å². The third kappa shape index (κ3) is 4.34. The number of amides is 1. The van der Waals surface area contributed by atoms with Crippen LogP contribution in [0.25, 0.3) is 0 Å². The van der Waals surface area contributed by atoms with Crippen LogP contribution in [0.3, 0.4) is 0 Å². The van der Waals surface area contributed by atoms with Crippen molar-refractivity contribution in [3.8, 4) is 0 Å². The molecule has 144 valence electrons. The van der Waals surface area contributed by atoms with Crippen LogP contribution in [0.1, 0.15) is 24.5 Å². The summed E-state index contributed by atoms with van der Waals surface area (Å²) in [5.41, 5.74) is -4.77. The fourth-order valence-corrected chi connectivity index (χ4v) is 2.99. The van der Waals surface area contributed by atoms with Gasteiger partial charge < -0.3 is 10.6 Å². The van der Waals surface area contributed by atoms with Crippen molar-refractivity contribution in [3.63, 3.8) is 0 Å². The fourth-order valence-electron chi connectivity index (χ4n) is 2.08. The topological polar surface area (TPSA) is 41.1 Å². The van der Waals surface area contributed by atoms with Crippen LogP contribution in [0.5, 0.6) is 0 Å². The summed E-state index contributed by atoms with van der Waals surface area (Å²) in [5.74, 6) is -0.706. The molecule has 1 amide bonds. The summed E-state index contributed by atoms with van der Waals surface area (Å²) >= 11 is 16.4. The van der Waals surface area contributed by atoms with Gasteiger partial charge in [0, 0.05) is 5.69 Å². The first-order valence-corrected chi connectivity index (χ1v) is 8.02. The minimum absolute atomic E-state index is 0.0204. The second kappa shape index (κ2) is 6.42. The summed E-state index contributed by atoms with van der Waals surface area (Å²) in [6.45, 7) is 1.44. The summed E-state index contributed by atoms with van der Waals surface area (Å²) < 4.78 is 75.5. The van der Waals surface area contributed by atoms with E-state index in [4.69, 9.17) is 35.4 Å². The second-order valence-corrected chi connectivity index (χ2v) is 7.81. The van der Waals surface area contributed by atoms with Crippen molar-refractivity contribution in [3.05, 3.63) is 29.3 Å². The van der Waals surface area contributed by atoms with Gasteiger partial charge >= 0.3 is 12.4 Å². The average Bonchev–Trinajstić information content (AvgIpc) is 2.96. The molecular formula is C14H10Cl2F6N2OS. The predicted octanol–water partition coefficient (Wildman–Crippen LogP) is 5.12. The van der Waals surface area contributed by atoms with Crippen molar-refractivity contribution in [2.75, 3.05) is 5.32 Å². The summed E-state index contributed by atoms with van der Waals surface area (Å²) in [6.07, 6.45) is -9.87. The van der Waals surface area contributed by atoms with Crippen LogP contribution in [0, 0.1) is 5.41 Å². The summed E-state index contributed by atoms with van der Waals surface area (Å²) in [5, 5.41) is 3.80. The predicted molar refractivity (Wildman–Crippen MR) is 88.0 cm³/mol. The highest BCUT2D eigenvalue weighted by atomic mass is 35.5. The van der Waals surface area contributed by atoms with Gasteiger partial charge in [-0.2, -0.15) is 26.3 Å². The van der Waals surface area contributed by atoms with Gasteiger partial charge in [-0.05, 0) is 43.8 Å². The average molecular weight is 439 g/mol. The zero-order valence-electron chi connectivity index (χ0n) is 12.8. The number of hydrogen-bond acceptors (Lipinski definition) is 2. The largest absolute Gasteiger partial charge is 0.416 e. The minimum atomic E-state index is -5.00. The van der Waals surface area contributed by atoms with E-state index in [0.29, 0.717) is 12.1 Å². The van der Waals surface area contributed by atoms with Gasteiger partial charge in [-0.15, -0.1) is 23.2 Å². The number of benzene rings is 1. The molecule has 12 heteroatoms. The lowest BCUT2D eigenvalue weighted by atomic mass is 10.1. The molecule has 0 radical (unpaired) electrons. The Labute approximate surface area is 159 Å². The van der Waals surface area contributed by atoms with Gasteiger partial charge in [-0.3, -0.25) is 4.79 Å². The molecule has 1 aromatic rings. The quantitative estimate of drug-likeness (QED) is 0.382. The molecule has 26 heavy (non-hydrogen) atoms. The van der Waals surface area contributed by atoms with Gasteiger partial charge in [0.25, 0.3) is 0 Å². The van der Waals surface area contributed by atoms with Crippen molar-refractivity contribution in [2.45, 2.75) is 30.0 Å². The number of thiocarbonyl (C=S) groups is 1. The molecular weight excluding hydrogens is 429 g/mol. The molecule has 0 saturated heterocycles. The van der Waals surface area contributed by atoms with E-state index < -0.39 is 49.9 Å². The van der Waals surface area contributed by atoms with E-state index in [2.05, 4.69) is 10.6 Å². The first kappa shape index (κ1) is 21.0. The first-order chi connectivity index (χ1) is 11.6. The number of alkyl halides is 8. The third-order valence-electron chi connectivity index (χ3n) is 3.83. The van der Waals surface area contributed by atoms with Crippen molar-refractivity contribution < 1.29 is 31.1 Å². The van der Waals surface area contributed by atoms with Crippen molar-refractivity contribution in [2.24, 2.45) is 5.41 Å². The first-order valence-electron chi connectivity index (χ1n) is 6.86. The Bertz CT molecular complexity index is 733. The zero-order valence-corrected chi connectivity index (χ0v) is 15.1. The van der Waals surface area contributed by atoms with Crippen LogP contribution in [0.15, 0.2) is 18.2 Å². The molecule has 0 aliphatic heterocycles. The Morgan fingerprint density at radius 3 is 1.85 bits per heavy atom. The maximum absolute atomic E-state index is 12.8. The highest BCUT2D eigenvalue weighted by Gasteiger charge is 2.68. The third-order valence-corrected chi connectivity index (χ3v) is 5.14. The fraction of sp³-hybridized carbons (Fsp3) is 0.429. The monoisotopic (exact) mass is 438 g/mol. The number of carbonyl (C=O) groups excluding carboxylic acids is 1. The van der Waals surface area contributed by atoms with E-state index in [1.54, 1.807) is 0 Å². The molecule has 0 aromatic heterocycles. The van der Waals surface area contributed by atoms with Crippen LogP contribution in [0.2, 0.25) is 0 Å². The van der Waals surface area contributed by atoms with E-state index in [-0.39, 0.29) is 12.5 Å². The number of hydrogen-bond donors (Lipinski definition) is 2. The summed E-state index contributed by atoms with van der Waals surface area (Å²) in [4.78, 5) is 12.0. The molecule has 1 aliphatic rings. The molecule has 0 spiro atoms. The molecule has 2 rings (SSSR count). The van der Waals surface area contributed by atoms with E-state index in [9.17, 15) is 31.1 Å². The Morgan fingerprint density at radius 2 is 1.50 bits per heavy atom. The van der Waals surface area contributed by atoms with Crippen LogP contribution in [-0.2, 0) is 17.1 Å². The molecule has 0 heterocycles. The highest BCUT2D eigenvalue weighted by Crippen LogP contribution is 2.63. The number of halogens is 8. The number of anilines is 1. The minimum Gasteiger partial charge on any atom is -0.332 e. The standard InChI is InChI=1S/C14H10Cl2F6N2OS/c1-11(5-12(11,15)16)9(25)24-10(26)23-8-3-6(13(17,18)19)2-7(4-8)14(20,21)22/h2-4H,5H2,1H3,(H2,23,24,25,26). The molecule has 1 saturated carbocycles.